The van der Waals surface area contributed by atoms with Gasteiger partial charge in [0.25, 0.3) is 0 Å². The molecular formula is C10H17N5O2. The molecule has 94 valence electrons. The molecule has 0 radical (unpaired) electrons. The van der Waals surface area contributed by atoms with E-state index in [-0.39, 0.29) is 12.1 Å². The highest BCUT2D eigenvalue weighted by Gasteiger charge is 2.28. The third-order valence-electron chi connectivity index (χ3n) is 2.83. The quantitative estimate of drug-likeness (QED) is 0.810. The number of carbonyl (C=O) groups is 1. The standard InChI is InChI=1S/C10H17N5O2/c1-2-17-10(16)14-4-3-9(7-14)15-6-8(5-11)12-13-15/h6,9H,2-5,7,11H2,1H3/t9-/m1/s1. The molecule has 1 aliphatic heterocycles. The van der Waals surface area contributed by atoms with Gasteiger partial charge in [0.05, 0.1) is 24.5 Å². The molecule has 1 atom stereocenters. The van der Waals surface area contributed by atoms with Crippen LogP contribution in [0.1, 0.15) is 25.1 Å². The number of hydrogen-bond donors (Lipinski definition) is 1. The van der Waals surface area contributed by atoms with E-state index in [0.29, 0.717) is 26.2 Å². The number of carbonyl (C=O) groups excluding carboxylic acids is 1. The van der Waals surface area contributed by atoms with Gasteiger partial charge in [-0.3, -0.25) is 0 Å². The van der Waals surface area contributed by atoms with Crippen molar-refractivity contribution in [3.8, 4) is 0 Å². The van der Waals surface area contributed by atoms with Crippen LogP contribution in [0.5, 0.6) is 0 Å². The molecule has 0 unspecified atom stereocenters. The lowest BCUT2D eigenvalue weighted by Gasteiger charge is -2.15. The zero-order valence-electron chi connectivity index (χ0n) is 9.87. The lowest BCUT2D eigenvalue weighted by molar-refractivity contribution is 0.114. The van der Waals surface area contributed by atoms with Crippen LogP contribution in [0.4, 0.5) is 4.79 Å². The highest BCUT2D eigenvalue weighted by molar-refractivity contribution is 5.67. The van der Waals surface area contributed by atoms with Gasteiger partial charge in [-0.25, -0.2) is 9.48 Å². The second kappa shape index (κ2) is 5.13. The summed E-state index contributed by atoms with van der Waals surface area (Å²) in [4.78, 5) is 13.2. The van der Waals surface area contributed by atoms with Crippen molar-refractivity contribution in [3.63, 3.8) is 0 Å². The molecular weight excluding hydrogens is 222 g/mol. The first-order chi connectivity index (χ1) is 8.24. The van der Waals surface area contributed by atoms with Gasteiger partial charge in [0.15, 0.2) is 0 Å². The van der Waals surface area contributed by atoms with Gasteiger partial charge < -0.3 is 15.4 Å². The minimum absolute atomic E-state index is 0.173. The third kappa shape index (κ3) is 2.55. The van der Waals surface area contributed by atoms with Gasteiger partial charge in [0.2, 0.25) is 0 Å². The van der Waals surface area contributed by atoms with E-state index in [1.54, 1.807) is 16.5 Å². The van der Waals surface area contributed by atoms with Crippen molar-refractivity contribution >= 4 is 6.09 Å². The van der Waals surface area contributed by atoms with Gasteiger partial charge in [-0.05, 0) is 13.3 Å². The van der Waals surface area contributed by atoms with E-state index in [1.165, 1.54) is 0 Å². The van der Waals surface area contributed by atoms with Crippen LogP contribution >= 0.6 is 0 Å². The van der Waals surface area contributed by atoms with Gasteiger partial charge in [-0.1, -0.05) is 5.21 Å². The summed E-state index contributed by atoms with van der Waals surface area (Å²) in [5.41, 5.74) is 6.24. The molecule has 0 spiro atoms. The molecule has 1 amide bonds. The first-order valence-electron chi connectivity index (χ1n) is 5.77. The fraction of sp³-hybridized carbons (Fsp3) is 0.700. The molecule has 0 saturated carbocycles. The molecule has 2 N–H and O–H groups in total. The van der Waals surface area contributed by atoms with Gasteiger partial charge in [0, 0.05) is 19.6 Å². The molecule has 1 saturated heterocycles. The lowest BCUT2D eigenvalue weighted by atomic mass is 10.3. The van der Waals surface area contributed by atoms with Crippen LogP contribution in [-0.4, -0.2) is 45.7 Å². The Kier molecular flexibility index (Phi) is 3.58. The van der Waals surface area contributed by atoms with Crippen LogP contribution < -0.4 is 5.73 Å². The molecule has 1 fully saturated rings. The van der Waals surface area contributed by atoms with Crippen LogP contribution in [0.15, 0.2) is 6.20 Å². The second-order valence-corrected chi connectivity index (χ2v) is 3.98. The van der Waals surface area contributed by atoms with Gasteiger partial charge in [-0.15, -0.1) is 5.10 Å². The summed E-state index contributed by atoms with van der Waals surface area (Å²) < 4.78 is 6.74. The predicted octanol–water partition coefficient (Wildman–Crippen LogP) is 0.140. The first-order valence-corrected chi connectivity index (χ1v) is 5.77. The molecule has 2 heterocycles. The third-order valence-corrected chi connectivity index (χ3v) is 2.83. The average Bonchev–Trinajstić information content (AvgIpc) is 2.98. The summed E-state index contributed by atoms with van der Waals surface area (Å²) in [6.07, 6.45) is 2.44. The number of hydrogen-bond acceptors (Lipinski definition) is 5. The van der Waals surface area contributed by atoms with E-state index in [9.17, 15) is 4.79 Å². The second-order valence-electron chi connectivity index (χ2n) is 3.98. The lowest BCUT2D eigenvalue weighted by Crippen LogP contribution is -2.29. The zero-order valence-corrected chi connectivity index (χ0v) is 9.87. The van der Waals surface area contributed by atoms with Gasteiger partial charge >= 0.3 is 6.09 Å². The highest BCUT2D eigenvalue weighted by atomic mass is 16.6. The maximum atomic E-state index is 11.5. The molecule has 1 aliphatic rings. The van der Waals surface area contributed by atoms with Gasteiger partial charge in [0.1, 0.15) is 0 Å². The smallest absolute Gasteiger partial charge is 0.409 e. The molecule has 7 heteroatoms. The number of nitrogens with zero attached hydrogens (tertiary/aromatic N) is 4. The first kappa shape index (κ1) is 11.8. The summed E-state index contributed by atoms with van der Waals surface area (Å²) >= 11 is 0. The molecule has 0 aromatic carbocycles. The fourth-order valence-corrected chi connectivity index (χ4v) is 1.92. The Balaban J connectivity index is 1.95. The SMILES string of the molecule is CCOC(=O)N1CC[C@@H](n2cc(CN)nn2)C1. The van der Waals surface area contributed by atoms with Crippen molar-refractivity contribution in [1.29, 1.82) is 0 Å². The van der Waals surface area contributed by atoms with E-state index >= 15 is 0 Å². The normalized spacial score (nSPS) is 19.6. The van der Waals surface area contributed by atoms with Gasteiger partial charge in [-0.2, -0.15) is 0 Å². The van der Waals surface area contributed by atoms with Crippen molar-refractivity contribution in [1.82, 2.24) is 19.9 Å². The largest absolute Gasteiger partial charge is 0.450 e. The Morgan fingerprint density at radius 1 is 1.71 bits per heavy atom. The fourth-order valence-electron chi connectivity index (χ4n) is 1.92. The summed E-state index contributed by atoms with van der Waals surface area (Å²) in [7, 11) is 0. The predicted molar refractivity (Wildman–Crippen MR) is 60.2 cm³/mol. The van der Waals surface area contributed by atoms with E-state index in [0.717, 1.165) is 12.1 Å². The number of ether oxygens (including phenoxy) is 1. The topological polar surface area (TPSA) is 86.3 Å². The van der Waals surface area contributed by atoms with Crippen molar-refractivity contribution in [2.45, 2.75) is 25.9 Å². The maximum Gasteiger partial charge on any atom is 0.409 e. The molecule has 1 aromatic rings. The average molecular weight is 239 g/mol. The Bertz CT molecular complexity index is 392. The Labute approximate surface area is 99.5 Å². The highest BCUT2D eigenvalue weighted by Crippen LogP contribution is 2.21. The van der Waals surface area contributed by atoms with Crippen LogP contribution in [0.2, 0.25) is 0 Å². The molecule has 17 heavy (non-hydrogen) atoms. The molecule has 7 nitrogen and oxygen atoms in total. The summed E-state index contributed by atoms with van der Waals surface area (Å²) in [5, 5.41) is 7.96. The number of nitrogens with two attached hydrogens (primary N) is 1. The number of aromatic nitrogens is 3. The number of amides is 1. The van der Waals surface area contributed by atoms with Crippen LogP contribution in [0.3, 0.4) is 0 Å². The minimum Gasteiger partial charge on any atom is -0.450 e. The molecule has 2 rings (SSSR count). The van der Waals surface area contributed by atoms with E-state index in [4.69, 9.17) is 10.5 Å². The van der Waals surface area contributed by atoms with E-state index < -0.39 is 0 Å². The van der Waals surface area contributed by atoms with Crippen molar-refractivity contribution in [3.05, 3.63) is 11.9 Å². The van der Waals surface area contributed by atoms with Crippen molar-refractivity contribution in [2.24, 2.45) is 5.73 Å². The minimum atomic E-state index is -0.255. The van der Waals surface area contributed by atoms with Crippen molar-refractivity contribution in [2.75, 3.05) is 19.7 Å². The maximum absolute atomic E-state index is 11.5. The molecule has 0 aliphatic carbocycles. The summed E-state index contributed by atoms with van der Waals surface area (Å²) in [5.74, 6) is 0. The summed E-state index contributed by atoms with van der Waals surface area (Å²) in [6, 6.07) is 0.173. The van der Waals surface area contributed by atoms with Crippen LogP contribution in [-0.2, 0) is 11.3 Å². The van der Waals surface area contributed by atoms with E-state index in [2.05, 4.69) is 10.3 Å². The number of likely N-dealkylation sites (tertiary alicyclic amines) is 1. The Hall–Kier alpha value is -1.63. The molecule has 0 bridgehead atoms. The number of rotatable bonds is 3. The Morgan fingerprint density at radius 2 is 2.53 bits per heavy atom. The van der Waals surface area contributed by atoms with Crippen LogP contribution in [0, 0.1) is 0 Å². The monoisotopic (exact) mass is 239 g/mol. The Morgan fingerprint density at radius 3 is 3.18 bits per heavy atom. The van der Waals surface area contributed by atoms with Crippen molar-refractivity contribution < 1.29 is 9.53 Å². The summed E-state index contributed by atoms with van der Waals surface area (Å²) in [6.45, 7) is 3.90. The van der Waals surface area contributed by atoms with Crippen LogP contribution in [0.25, 0.3) is 0 Å². The molecule has 1 aromatic heterocycles. The zero-order chi connectivity index (χ0) is 12.3. The van der Waals surface area contributed by atoms with E-state index in [1.807, 2.05) is 6.20 Å².